The highest BCUT2D eigenvalue weighted by Crippen LogP contribution is 2.25. The van der Waals surface area contributed by atoms with Crippen molar-refractivity contribution in [2.24, 2.45) is 0 Å². The summed E-state index contributed by atoms with van der Waals surface area (Å²) in [5.74, 6) is 0. The SMILES string of the molecule is CCNC1CCCCCC1S(=O)c1ccccc1. The van der Waals surface area contributed by atoms with Crippen molar-refractivity contribution in [3.8, 4) is 0 Å². The first-order valence-corrected chi connectivity index (χ1v) is 8.23. The molecule has 0 radical (unpaired) electrons. The second-order valence-corrected chi connectivity index (χ2v) is 6.62. The Labute approximate surface area is 113 Å². The van der Waals surface area contributed by atoms with Crippen LogP contribution in [0.2, 0.25) is 0 Å². The van der Waals surface area contributed by atoms with Gasteiger partial charge in [0.15, 0.2) is 0 Å². The van der Waals surface area contributed by atoms with E-state index in [0.29, 0.717) is 6.04 Å². The van der Waals surface area contributed by atoms with Crippen LogP contribution in [-0.4, -0.2) is 22.0 Å². The predicted octanol–water partition coefficient (Wildman–Crippen LogP) is 3.11. The summed E-state index contributed by atoms with van der Waals surface area (Å²) in [6.07, 6.45) is 6.01. The van der Waals surface area contributed by atoms with E-state index in [9.17, 15) is 4.21 Å². The maximum absolute atomic E-state index is 12.7. The molecule has 1 aliphatic carbocycles. The molecule has 1 aromatic carbocycles. The van der Waals surface area contributed by atoms with Gasteiger partial charge in [-0.3, -0.25) is 4.21 Å². The van der Waals surface area contributed by atoms with Crippen LogP contribution in [0.1, 0.15) is 39.0 Å². The highest BCUT2D eigenvalue weighted by atomic mass is 32.2. The molecule has 2 rings (SSSR count). The molecule has 1 aromatic rings. The van der Waals surface area contributed by atoms with Crippen molar-refractivity contribution >= 4 is 10.8 Å². The van der Waals surface area contributed by atoms with E-state index in [2.05, 4.69) is 12.2 Å². The average molecular weight is 265 g/mol. The number of hydrogen-bond acceptors (Lipinski definition) is 2. The number of rotatable bonds is 4. The second-order valence-electron chi connectivity index (χ2n) is 4.95. The smallest absolute Gasteiger partial charge is 0.0576 e. The molecule has 1 N–H and O–H groups in total. The fraction of sp³-hybridized carbons (Fsp3) is 0.600. The summed E-state index contributed by atoms with van der Waals surface area (Å²) in [6.45, 7) is 3.10. The van der Waals surface area contributed by atoms with Gasteiger partial charge in [0, 0.05) is 10.9 Å². The zero-order valence-electron chi connectivity index (χ0n) is 11.1. The Morgan fingerprint density at radius 2 is 1.89 bits per heavy atom. The topological polar surface area (TPSA) is 29.1 Å². The fourth-order valence-electron chi connectivity index (χ4n) is 2.75. The normalized spacial score (nSPS) is 26.5. The van der Waals surface area contributed by atoms with Gasteiger partial charge in [-0.25, -0.2) is 0 Å². The van der Waals surface area contributed by atoms with Crippen LogP contribution in [0.4, 0.5) is 0 Å². The van der Waals surface area contributed by atoms with Crippen LogP contribution < -0.4 is 5.32 Å². The monoisotopic (exact) mass is 265 g/mol. The van der Waals surface area contributed by atoms with Crippen LogP contribution in [0.5, 0.6) is 0 Å². The van der Waals surface area contributed by atoms with Gasteiger partial charge in [0.25, 0.3) is 0 Å². The number of nitrogens with one attached hydrogen (secondary N) is 1. The highest BCUT2D eigenvalue weighted by molar-refractivity contribution is 7.85. The Balaban J connectivity index is 2.14. The summed E-state index contributed by atoms with van der Waals surface area (Å²) in [5, 5.41) is 3.81. The van der Waals surface area contributed by atoms with E-state index in [0.717, 1.165) is 24.3 Å². The average Bonchev–Trinajstić information content (AvgIpc) is 2.65. The molecule has 3 atom stereocenters. The minimum absolute atomic E-state index is 0.273. The van der Waals surface area contributed by atoms with Crippen LogP contribution in [0.15, 0.2) is 35.2 Å². The summed E-state index contributed by atoms with van der Waals surface area (Å²) in [4.78, 5) is 0.979. The van der Waals surface area contributed by atoms with Crippen molar-refractivity contribution in [2.75, 3.05) is 6.54 Å². The van der Waals surface area contributed by atoms with Crippen LogP contribution in [-0.2, 0) is 10.8 Å². The lowest BCUT2D eigenvalue weighted by atomic mass is 10.1. The molecule has 0 amide bonds. The second kappa shape index (κ2) is 7.05. The van der Waals surface area contributed by atoms with Crippen molar-refractivity contribution < 1.29 is 4.21 Å². The lowest BCUT2D eigenvalue weighted by Gasteiger charge is -2.25. The van der Waals surface area contributed by atoms with Crippen molar-refractivity contribution in [1.29, 1.82) is 0 Å². The van der Waals surface area contributed by atoms with Crippen molar-refractivity contribution in [3.05, 3.63) is 30.3 Å². The van der Waals surface area contributed by atoms with Crippen molar-refractivity contribution in [1.82, 2.24) is 5.32 Å². The van der Waals surface area contributed by atoms with Gasteiger partial charge >= 0.3 is 0 Å². The quantitative estimate of drug-likeness (QED) is 0.848. The molecule has 0 saturated heterocycles. The van der Waals surface area contributed by atoms with E-state index >= 15 is 0 Å². The molecule has 0 spiro atoms. The molecular weight excluding hydrogens is 242 g/mol. The summed E-state index contributed by atoms with van der Waals surface area (Å²) >= 11 is 0. The zero-order chi connectivity index (χ0) is 12.8. The zero-order valence-corrected chi connectivity index (χ0v) is 11.9. The van der Waals surface area contributed by atoms with Crippen LogP contribution >= 0.6 is 0 Å². The molecule has 3 heteroatoms. The molecule has 18 heavy (non-hydrogen) atoms. The minimum atomic E-state index is -0.875. The van der Waals surface area contributed by atoms with Crippen molar-refractivity contribution in [2.45, 2.75) is 55.2 Å². The molecule has 1 saturated carbocycles. The van der Waals surface area contributed by atoms with E-state index in [1.54, 1.807) is 0 Å². The van der Waals surface area contributed by atoms with Gasteiger partial charge in [-0.1, -0.05) is 44.4 Å². The van der Waals surface area contributed by atoms with Crippen LogP contribution in [0.3, 0.4) is 0 Å². The molecular formula is C15H23NOS. The molecule has 0 aromatic heterocycles. The van der Waals surface area contributed by atoms with Crippen LogP contribution in [0, 0.1) is 0 Å². The highest BCUT2D eigenvalue weighted by Gasteiger charge is 2.28. The van der Waals surface area contributed by atoms with E-state index in [4.69, 9.17) is 0 Å². The molecule has 2 nitrogen and oxygen atoms in total. The minimum Gasteiger partial charge on any atom is -0.313 e. The molecule has 1 aliphatic rings. The molecule has 0 bridgehead atoms. The van der Waals surface area contributed by atoms with E-state index < -0.39 is 10.8 Å². The Kier molecular flexibility index (Phi) is 5.39. The molecule has 1 fully saturated rings. The molecule has 3 unspecified atom stereocenters. The van der Waals surface area contributed by atoms with Gasteiger partial charge in [0.1, 0.15) is 0 Å². The van der Waals surface area contributed by atoms with Gasteiger partial charge in [-0.15, -0.1) is 0 Å². The first-order chi connectivity index (χ1) is 8.83. The fourth-order valence-corrected chi connectivity index (χ4v) is 4.44. The third kappa shape index (κ3) is 3.42. The van der Waals surface area contributed by atoms with E-state index in [1.807, 2.05) is 30.3 Å². The Hall–Kier alpha value is -0.670. The third-order valence-electron chi connectivity index (χ3n) is 3.67. The molecule has 100 valence electrons. The van der Waals surface area contributed by atoms with Gasteiger partial charge in [0.2, 0.25) is 0 Å². The van der Waals surface area contributed by atoms with Crippen molar-refractivity contribution in [3.63, 3.8) is 0 Å². The van der Waals surface area contributed by atoms with E-state index in [-0.39, 0.29) is 5.25 Å². The van der Waals surface area contributed by atoms with Gasteiger partial charge in [-0.05, 0) is 31.5 Å². The summed E-state index contributed by atoms with van der Waals surface area (Å²) in [6, 6.07) is 10.3. The maximum Gasteiger partial charge on any atom is 0.0576 e. The first kappa shape index (κ1) is 13.8. The molecule has 0 heterocycles. The van der Waals surface area contributed by atoms with Gasteiger partial charge in [-0.2, -0.15) is 0 Å². The lowest BCUT2D eigenvalue weighted by Crippen LogP contribution is -2.41. The summed E-state index contributed by atoms with van der Waals surface area (Å²) in [5.41, 5.74) is 0. The molecule has 0 aliphatic heterocycles. The van der Waals surface area contributed by atoms with Gasteiger partial charge < -0.3 is 5.32 Å². The lowest BCUT2D eigenvalue weighted by molar-refractivity contribution is 0.474. The van der Waals surface area contributed by atoms with E-state index in [1.165, 1.54) is 19.3 Å². The summed E-state index contributed by atoms with van der Waals surface area (Å²) < 4.78 is 12.7. The Morgan fingerprint density at radius 1 is 1.17 bits per heavy atom. The van der Waals surface area contributed by atoms with Gasteiger partial charge in [0.05, 0.1) is 16.0 Å². The third-order valence-corrected chi connectivity index (χ3v) is 5.52. The maximum atomic E-state index is 12.7. The Morgan fingerprint density at radius 3 is 2.61 bits per heavy atom. The number of benzene rings is 1. The largest absolute Gasteiger partial charge is 0.313 e. The first-order valence-electron chi connectivity index (χ1n) is 7.02. The van der Waals surface area contributed by atoms with Crippen LogP contribution in [0.25, 0.3) is 0 Å². The number of hydrogen-bond donors (Lipinski definition) is 1. The Bertz CT molecular complexity index is 379. The summed E-state index contributed by atoms with van der Waals surface area (Å²) in [7, 11) is -0.875. The standard InChI is InChI=1S/C15H23NOS/c1-2-16-14-11-7-4-8-12-15(14)18(17)13-9-5-3-6-10-13/h3,5-6,9-10,14-16H,2,4,7-8,11-12H2,1H3. The predicted molar refractivity (Wildman–Crippen MR) is 77.2 cm³/mol.